The summed E-state index contributed by atoms with van der Waals surface area (Å²) in [7, 11) is 0. The molecule has 1 unspecified atom stereocenters. The van der Waals surface area contributed by atoms with Gasteiger partial charge in [-0.05, 0) is 42.6 Å². The average Bonchev–Trinajstić information content (AvgIpc) is 3.00. The number of anilines is 1. The van der Waals surface area contributed by atoms with Gasteiger partial charge in [0.05, 0.1) is 6.54 Å². The van der Waals surface area contributed by atoms with Crippen LogP contribution in [0.5, 0.6) is 5.75 Å². The van der Waals surface area contributed by atoms with Crippen LogP contribution in [0.3, 0.4) is 0 Å². The fourth-order valence-corrected chi connectivity index (χ4v) is 4.02. The van der Waals surface area contributed by atoms with Crippen molar-refractivity contribution < 1.29 is 27.6 Å². The van der Waals surface area contributed by atoms with E-state index in [1.54, 1.807) is 11.3 Å². The van der Waals surface area contributed by atoms with Crippen LogP contribution in [0, 0.1) is 0 Å². The van der Waals surface area contributed by atoms with E-state index in [-0.39, 0.29) is 17.7 Å². The van der Waals surface area contributed by atoms with E-state index in [4.69, 9.17) is 0 Å². The summed E-state index contributed by atoms with van der Waals surface area (Å²) in [6.45, 7) is 3.31. The molecule has 0 bridgehead atoms. The van der Waals surface area contributed by atoms with Gasteiger partial charge in [0.1, 0.15) is 11.8 Å². The van der Waals surface area contributed by atoms with Crippen LogP contribution in [0.4, 0.5) is 18.9 Å². The lowest BCUT2D eigenvalue weighted by atomic mass is 10.0. The zero-order chi connectivity index (χ0) is 18.0. The molecule has 0 saturated carbocycles. The van der Waals surface area contributed by atoms with Crippen LogP contribution in [0.25, 0.3) is 0 Å². The Hall–Kier alpha value is -2.06. The Morgan fingerprint density at radius 2 is 2.04 bits per heavy atom. The molecule has 1 aromatic carbocycles. The van der Waals surface area contributed by atoms with Gasteiger partial charge < -0.3 is 15.0 Å². The normalized spacial score (nSPS) is 20.0. The van der Waals surface area contributed by atoms with E-state index in [0.717, 1.165) is 13.0 Å². The van der Waals surface area contributed by atoms with E-state index in [0.29, 0.717) is 12.2 Å². The molecule has 0 radical (unpaired) electrons. The number of thiophene rings is 1. The third kappa shape index (κ3) is 4.52. The molecule has 2 atom stereocenters. The van der Waals surface area contributed by atoms with Crippen LogP contribution < -0.4 is 15.0 Å². The van der Waals surface area contributed by atoms with Crippen molar-refractivity contribution in [2.45, 2.75) is 25.7 Å². The molecule has 4 nitrogen and oxygen atoms in total. The molecule has 0 saturated heterocycles. The summed E-state index contributed by atoms with van der Waals surface area (Å²) >= 11 is 1.75. The van der Waals surface area contributed by atoms with Crippen LogP contribution in [0.2, 0.25) is 0 Å². The highest BCUT2D eigenvalue weighted by Gasteiger charge is 2.31. The third-order valence-electron chi connectivity index (χ3n) is 4.29. The fourth-order valence-electron chi connectivity index (χ4n) is 3.04. The van der Waals surface area contributed by atoms with Gasteiger partial charge in [0.25, 0.3) is 5.91 Å². The van der Waals surface area contributed by atoms with Gasteiger partial charge in [-0.3, -0.25) is 4.79 Å². The molecule has 134 valence electrons. The standard InChI is InChI=1S/C17H17F3N2O2S/c1-11-14-7-9-25-15(14)6-8-22(11)10-16(23)21-12-2-4-13(5-3-12)24-17(18,19)20/h2-5,7,9,11H,6,8,10H2,1H3,(H,21,23)/p+1/t11-/m1/s1. The number of quaternary nitrogens is 1. The van der Waals surface area contributed by atoms with Crippen LogP contribution in [0.15, 0.2) is 35.7 Å². The molecule has 1 amide bonds. The summed E-state index contributed by atoms with van der Waals surface area (Å²) in [6.07, 6.45) is -3.76. The minimum absolute atomic E-state index is 0.162. The van der Waals surface area contributed by atoms with Crippen molar-refractivity contribution in [3.05, 3.63) is 46.2 Å². The predicted molar refractivity (Wildman–Crippen MR) is 88.9 cm³/mol. The maximum absolute atomic E-state index is 12.2. The fraction of sp³-hybridized carbons (Fsp3) is 0.353. The van der Waals surface area contributed by atoms with Gasteiger partial charge >= 0.3 is 6.36 Å². The zero-order valence-electron chi connectivity index (χ0n) is 13.5. The number of hydrogen-bond donors (Lipinski definition) is 2. The van der Waals surface area contributed by atoms with Gasteiger partial charge in [-0.25, -0.2) is 0 Å². The van der Waals surface area contributed by atoms with E-state index in [9.17, 15) is 18.0 Å². The van der Waals surface area contributed by atoms with Gasteiger partial charge in [0.15, 0.2) is 6.54 Å². The minimum atomic E-state index is -4.72. The van der Waals surface area contributed by atoms with Gasteiger partial charge in [-0.1, -0.05) is 0 Å². The summed E-state index contributed by atoms with van der Waals surface area (Å²) in [5, 5.41) is 4.80. The summed E-state index contributed by atoms with van der Waals surface area (Å²) in [5.41, 5.74) is 1.74. The van der Waals surface area contributed by atoms with Gasteiger partial charge in [-0.15, -0.1) is 24.5 Å². The Labute approximate surface area is 147 Å². The van der Waals surface area contributed by atoms with E-state index in [1.165, 1.54) is 39.6 Å². The largest absolute Gasteiger partial charge is 0.573 e. The molecule has 0 aliphatic carbocycles. The first-order valence-electron chi connectivity index (χ1n) is 7.88. The molecule has 25 heavy (non-hydrogen) atoms. The lowest BCUT2D eigenvalue weighted by Crippen LogP contribution is -3.14. The number of carbonyl (C=O) groups is 1. The topological polar surface area (TPSA) is 42.8 Å². The molecule has 2 heterocycles. The van der Waals surface area contributed by atoms with Gasteiger partial charge in [0.2, 0.25) is 0 Å². The summed E-state index contributed by atoms with van der Waals surface area (Å²) < 4.78 is 40.2. The molecular formula is C17H18F3N2O2S+. The Balaban J connectivity index is 1.56. The lowest BCUT2D eigenvalue weighted by Gasteiger charge is -2.29. The van der Waals surface area contributed by atoms with Crippen molar-refractivity contribution in [3.8, 4) is 5.75 Å². The zero-order valence-corrected chi connectivity index (χ0v) is 14.3. The second-order valence-corrected chi connectivity index (χ2v) is 6.98. The number of benzene rings is 1. The number of carbonyl (C=O) groups excluding carboxylic acids is 1. The molecule has 8 heteroatoms. The predicted octanol–water partition coefficient (Wildman–Crippen LogP) is 2.79. The van der Waals surface area contributed by atoms with Gasteiger partial charge in [-0.2, -0.15) is 0 Å². The van der Waals surface area contributed by atoms with Crippen molar-refractivity contribution in [3.63, 3.8) is 0 Å². The van der Waals surface area contributed by atoms with E-state index in [2.05, 4.69) is 28.4 Å². The molecule has 1 aliphatic heterocycles. The molecular weight excluding hydrogens is 353 g/mol. The highest BCUT2D eigenvalue weighted by atomic mass is 32.1. The highest BCUT2D eigenvalue weighted by Crippen LogP contribution is 2.25. The molecule has 1 aliphatic rings. The second-order valence-electron chi connectivity index (χ2n) is 5.98. The first-order valence-corrected chi connectivity index (χ1v) is 8.76. The smallest absolute Gasteiger partial charge is 0.406 e. The molecule has 3 rings (SSSR count). The van der Waals surface area contributed by atoms with Crippen LogP contribution in [-0.2, 0) is 11.2 Å². The maximum atomic E-state index is 12.2. The number of rotatable bonds is 4. The molecule has 1 aromatic heterocycles. The number of fused-ring (bicyclic) bond motifs is 1. The Kier molecular flexibility index (Phi) is 5.01. The number of ether oxygens (including phenoxy) is 1. The monoisotopic (exact) mass is 371 g/mol. The number of halogens is 3. The quantitative estimate of drug-likeness (QED) is 0.868. The molecule has 0 spiro atoms. The van der Waals surface area contributed by atoms with E-state index >= 15 is 0 Å². The number of alkyl halides is 3. The van der Waals surface area contributed by atoms with Crippen LogP contribution >= 0.6 is 11.3 Å². The molecule has 0 fully saturated rings. The van der Waals surface area contributed by atoms with Crippen molar-refractivity contribution in [2.24, 2.45) is 0 Å². The van der Waals surface area contributed by atoms with Crippen molar-refractivity contribution >= 4 is 22.9 Å². The first kappa shape index (κ1) is 17.8. The van der Waals surface area contributed by atoms with Crippen LogP contribution in [-0.4, -0.2) is 25.4 Å². The third-order valence-corrected chi connectivity index (χ3v) is 5.29. The van der Waals surface area contributed by atoms with E-state index in [1.807, 2.05) is 0 Å². The summed E-state index contributed by atoms with van der Waals surface area (Å²) in [4.78, 5) is 14.8. The first-order chi connectivity index (χ1) is 11.8. The number of amides is 1. The SMILES string of the molecule is C[C@@H]1c2ccsc2CC[NH+]1CC(=O)Nc1ccc(OC(F)(F)F)cc1. The number of hydrogen-bond acceptors (Lipinski definition) is 3. The Morgan fingerprint density at radius 3 is 2.72 bits per heavy atom. The molecule has 2 aromatic rings. The Morgan fingerprint density at radius 1 is 1.32 bits per heavy atom. The van der Waals surface area contributed by atoms with Gasteiger partial charge in [0, 0.05) is 22.5 Å². The maximum Gasteiger partial charge on any atom is 0.573 e. The summed E-state index contributed by atoms with van der Waals surface area (Å²) in [6, 6.07) is 7.51. The average molecular weight is 371 g/mol. The van der Waals surface area contributed by atoms with Crippen LogP contribution in [0.1, 0.15) is 23.4 Å². The summed E-state index contributed by atoms with van der Waals surface area (Å²) in [5.74, 6) is -0.476. The second kappa shape index (κ2) is 7.05. The van der Waals surface area contributed by atoms with Crippen molar-refractivity contribution in [2.75, 3.05) is 18.4 Å². The van der Waals surface area contributed by atoms with Crippen molar-refractivity contribution in [1.82, 2.24) is 0 Å². The number of nitrogens with one attached hydrogen (secondary N) is 2. The Bertz CT molecular complexity index is 743. The highest BCUT2D eigenvalue weighted by molar-refractivity contribution is 7.10. The lowest BCUT2D eigenvalue weighted by molar-refractivity contribution is -0.923. The minimum Gasteiger partial charge on any atom is -0.406 e. The van der Waals surface area contributed by atoms with Crippen molar-refractivity contribution in [1.29, 1.82) is 0 Å². The molecule has 2 N–H and O–H groups in total. The van der Waals surface area contributed by atoms with E-state index < -0.39 is 6.36 Å².